The van der Waals surface area contributed by atoms with E-state index in [4.69, 9.17) is 9.47 Å². The minimum absolute atomic E-state index is 0.219. The van der Waals surface area contributed by atoms with Gasteiger partial charge in [-0.25, -0.2) is 9.59 Å². The summed E-state index contributed by atoms with van der Waals surface area (Å²) < 4.78 is 10.4. The molecule has 1 aromatic carbocycles. The number of amides is 1. The second kappa shape index (κ2) is 20.9. The van der Waals surface area contributed by atoms with Gasteiger partial charge in [-0.1, -0.05) is 63.7 Å². The lowest BCUT2D eigenvalue weighted by atomic mass is 9.82. The van der Waals surface area contributed by atoms with Crippen molar-refractivity contribution in [2.24, 2.45) is 5.92 Å². The zero-order valence-electron chi connectivity index (χ0n) is 26.6. The quantitative estimate of drug-likeness (QED) is 0.0746. The molecule has 0 aromatic heterocycles. The number of ketones is 1. The maximum absolute atomic E-state index is 13.3. The van der Waals surface area contributed by atoms with Gasteiger partial charge in [-0.2, -0.15) is 0 Å². The zero-order valence-corrected chi connectivity index (χ0v) is 26.6. The van der Waals surface area contributed by atoms with Crippen molar-refractivity contribution in [1.29, 1.82) is 0 Å². The van der Waals surface area contributed by atoms with Gasteiger partial charge in [-0.3, -0.25) is 14.4 Å². The molecule has 0 aliphatic carbocycles. The van der Waals surface area contributed by atoms with E-state index >= 15 is 0 Å². The number of carbonyl (C=O) groups is 5. The third kappa shape index (κ3) is 14.1. The van der Waals surface area contributed by atoms with Crippen LogP contribution in [0.15, 0.2) is 30.4 Å². The van der Waals surface area contributed by atoms with Crippen LogP contribution in [0.4, 0.5) is 0 Å². The van der Waals surface area contributed by atoms with Crippen LogP contribution in [-0.2, 0) is 30.4 Å². The summed E-state index contributed by atoms with van der Waals surface area (Å²) in [6.45, 7) is 2.15. The molecule has 45 heavy (non-hydrogen) atoms. The Labute approximate surface area is 264 Å². The largest absolute Gasteiger partial charge is 0.493 e. The van der Waals surface area contributed by atoms with Gasteiger partial charge in [0.15, 0.2) is 17.1 Å². The summed E-state index contributed by atoms with van der Waals surface area (Å²) in [6, 6.07) is 3.13. The first-order chi connectivity index (χ1) is 21.4. The minimum atomic E-state index is -3.03. The normalized spacial score (nSPS) is 13.9. The van der Waals surface area contributed by atoms with Gasteiger partial charge in [0.05, 0.1) is 26.6 Å². The van der Waals surface area contributed by atoms with E-state index in [1.54, 1.807) is 12.1 Å². The fraction of sp³-hybridized carbons (Fsp3) is 0.606. The first-order valence-electron chi connectivity index (χ1n) is 15.5. The lowest BCUT2D eigenvalue weighted by molar-refractivity contribution is -0.172. The molecule has 0 aliphatic rings. The monoisotopic (exact) mass is 635 g/mol. The van der Waals surface area contributed by atoms with Gasteiger partial charge in [0.25, 0.3) is 0 Å². The van der Waals surface area contributed by atoms with Gasteiger partial charge in [0.1, 0.15) is 11.8 Å². The van der Waals surface area contributed by atoms with Crippen LogP contribution < -0.4 is 14.8 Å². The Balaban J connectivity index is 2.88. The summed E-state index contributed by atoms with van der Waals surface area (Å²) >= 11 is 0. The highest BCUT2D eigenvalue weighted by atomic mass is 16.5. The van der Waals surface area contributed by atoms with Crippen LogP contribution in [0.25, 0.3) is 0 Å². The number of hydrogen-bond acceptors (Lipinski definition) is 8. The van der Waals surface area contributed by atoms with Crippen LogP contribution in [0.5, 0.6) is 11.5 Å². The topological polar surface area (TPSA) is 197 Å². The Morgan fingerprint density at radius 3 is 2.00 bits per heavy atom. The fourth-order valence-electron chi connectivity index (χ4n) is 4.94. The van der Waals surface area contributed by atoms with E-state index in [-0.39, 0.29) is 12.2 Å². The first-order valence-corrected chi connectivity index (χ1v) is 15.5. The highest BCUT2D eigenvalue weighted by molar-refractivity contribution is 5.94. The Morgan fingerprint density at radius 2 is 1.47 bits per heavy atom. The number of aliphatic carboxylic acids is 3. The number of nitrogens with one attached hydrogen (secondary N) is 1. The van der Waals surface area contributed by atoms with E-state index in [9.17, 15) is 44.4 Å². The van der Waals surface area contributed by atoms with Crippen LogP contribution in [0.1, 0.15) is 96.0 Å². The Hall–Kier alpha value is -3.93. The zero-order chi connectivity index (χ0) is 33.8. The summed E-state index contributed by atoms with van der Waals surface area (Å²) in [6.07, 6.45) is 11.1. The molecule has 0 aliphatic heterocycles. The standard InChI is InChI=1S/C33H49NO11/c1-4-5-6-9-12-15-24(35)16-13-10-7-8-11-14-17-25(33(43,32(41)42)22-29(36)37)30(38)34-26(31(39)40)20-23-18-19-27(44-2)28(21-23)45-3/h14,17-19,21,25-26,43H,4-13,15-16,20,22H2,1-3H3,(H,34,38)(H,36,37)(H,39,40)(H,41,42)/t25-,26+,33+/m1/s1. The second-order valence-corrected chi connectivity index (χ2v) is 11.2. The molecular weight excluding hydrogens is 586 g/mol. The predicted molar refractivity (Wildman–Crippen MR) is 166 cm³/mol. The van der Waals surface area contributed by atoms with E-state index in [0.29, 0.717) is 42.7 Å². The average Bonchev–Trinajstić information content (AvgIpc) is 2.98. The Bertz CT molecular complexity index is 1150. The molecule has 0 saturated carbocycles. The lowest BCUT2D eigenvalue weighted by Gasteiger charge is -2.29. The predicted octanol–water partition coefficient (Wildman–Crippen LogP) is 4.55. The Kier molecular flexibility index (Phi) is 18.2. The number of Topliss-reactive ketones (excluding diaryl/α,β-unsaturated/α-hetero) is 1. The summed E-state index contributed by atoms with van der Waals surface area (Å²) in [5.74, 6) is -7.06. The molecule has 252 valence electrons. The third-order valence-electron chi connectivity index (χ3n) is 7.55. The van der Waals surface area contributed by atoms with Gasteiger partial charge in [0, 0.05) is 19.3 Å². The number of rotatable bonds is 25. The van der Waals surface area contributed by atoms with Gasteiger partial charge >= 0.3 is 17.9 Å². The number of ether oxygens (including phenoxy) is 2. The maximum atomic E-state index is 13.3. The fourth-order valence-corrected chi connectivity index (χ4v) is 4.94. The number of carbonyl (C=O) groups excluding carboxylic acids is 2. The van der Waals surface area contributed by atoms with Crippen molar-refractivity contribution in [2.45, 2.75) is 108 Å². The average molecular weight is 636 g/mol. The van der Waals surface area contributed by atoms with Crippen LogP contribution >= 0.6 is 0 Å². The molecular formula is C33H49NO11. The number of carboxylic acids is 3. The molecule has 1 rings (SSSR count). The molecule has 12 nitrogen and oxygen atoms in total. The Morgan fingerprint density at radius 1 is 0.867 bits per heavy atom. The van der Waals surface area contributed by atoms with E-state index < -0.39 is 47.8 Å². The molecule has 1 aromatic rings. The second-order valence-electron chi connectivity index (χ2n) is 11.2. The molecule has 0 radical (unpaired) electrons. The van der Waals surface area contributed by atoms with Gasteiger partial charge in [-0.15, -0.1) is 0 Å². The van der Waals surface area contributed by atoms with Crippen molar-refractivity contribution in [2.75, 3.05) is 14.2 Å². The molecule has 0 saturated heterocycles. The van der Waals surface area contributed by atoms with E-state index in [0.717, 1.165) is 51.0 Å². The van der Waals surface area contributed by atoms with Crippen molar-refractivity contribution >= 4 is 29.6 Å². The lowest BCUT2D eigenvalue weighted by Crippen LogP contribution is -2.55. The molecule has 0 bridgehead atoms. The summed E-state index contributed by atoms with van der Waals surface area (Å²) in [7, 11) is 2.84. The molecule has 0 unspecified atom stereocenters. The minimum Gasteiger partial charge on any atom is -0.493 e. The van der Waals surface area contributed by atoms with Crippen LogP contribution in [0, 0.1) is 5.92 Å². The SMILES string of the molecule is CCCCCCCC(=O)CCCCCCC=C[C@H](C(=O)N[C@@H](Cc1ccc(OC)c(OC)c1)C(=O)O)[C@@](O)(CC(=O)O)C(=O)O. The highest BCUT2D eigenvalue weighted by Gasteiger charge is 2.49. The van der Waals surface area contributed by atoms with E-state index in [2.05, 4.69) is 12.2 Å². The van der Waals surface area contributed by atoms with Gasteiger partial charge in [-0.05, 0) is 43.4 Å². The number of allylic oxidation sites excluding steroid dienone is 1. The molecule has 0 fully saturated rings. The number of benzene rings is 1. The summed E-state index contributed by atoms with van der Waals surface area (Å²) in [5, 5.41) is 41.9. The van der Waals surface area contributed by atoms with Crippen molar-refractivity contribution in [3.8, 4) is 11.5 Å². The molecule has 3 atom stereocenters. The molecule has 0 spiro atoms. The number of unbranched alkanes of at least 4 members (excludes halogenated alkanes) is 8. The van der Waals surface area contributed by atoms with Crippen molar-refractivity contribution in [1.82, 2.24) is 5.32 Å². The van der Waals surface area contributed by atoms with Gasteiger partial charge in [0.2, 0.25) is 5.91 Å². The first kappa shape index (κ1) is 39.1. The maximum Gasteiger partial charge on any atom is 0.337 e. The van der Waals surface area contributed by atoms with E-state index in [1.165, 1.54) is 32.8 Å². The van der Waals surface area contributed by atoms with Crippen LogP contribution in [0.3, 0.4) is 0 Å². The smallest absolute Gasteiger partial charge is 0.337 e. The summed E-state index contributed by atoms with van der Waals surface area (Å²) in [4.78, 5) is 60.8. The third-order valence-corrected chi connectivity index (χ3v) is 7.55. The number of carboxylic acid groups (broad SMARTS) is 3. The van der Waals surface area contributed by atoms with Gasteiger partial charge < -0.3 is 35.2 Å². The summed E-state index contributed by atoms with van der Waals surface area (Å²) in [5.41, 5.74) is -2.57. The van der Waals surface area contributed by atoms with Crippen LogP contribution in [0.2, 0.25) is 0 Å². The van der Waals surface area contributed by atoms with Crippen LogP contribution in [-0.4, -0.2) is 75.9 Å². The number of aliphatic hydroxyl groups is 1. The molecule has 1 amide bonds. The van der Waals surface area contributed by atoms with Crippen molar-refractivity contribution < 1.29 is 53.9 Å². The molecule has 0 heterocycles. The van der Waals surface area contributed by atoms with E-state index in [1.807, 2.05) is 0 Å². The van der Waals surface area contributed by atoms with Crippen molar-refractivity contribution in [3.63, 3.8) is 0 Å². The molecule has 5 N–H and O–H groups in total. The van der Waals surface area contributed by atoms with Crippen molar-refractivity contribution in [3.05, 3.63) is 35.9 Å². The number of hydrogen-bond donors (Lipinski definition) is 5. The highest BCUT2D eigenvalue weighted by Crippen LogP contribution is 2.29. The molecule has 12 heteroatoms. The number of methoxy groups -OCH3 is 2.